The maximum absolute atomic E-state index is 12.3. The van der Waals surface area contributed by atoms with Gasteiger partial charge < -0.3 is 22.1 Å². The normalized spacial score (nSPS) is 18.1. The van der Waals surface area contributed by atoms with E-state index in [2.05, 4.69) is 0 Å². The van der Waals surface area contributed by atoms with Gasteiger partial charge >= 0.3 is 0 Å². The van der Waals surface area contributed by atoms with Crippen LogP contribution in [0.25, 0.3) is 0 Å². The highest BCUT2D eigenvalue weighted by Crippen LogP contribution is 2.27. The first kappa shape index (κ1) is 14.4. The molecule has 1 aliphatic rings. The van der Waals surface area contributed by atoms with Gasteiger partial charge in [0.1, 0.15) is 0 Å². The fourth-order valence-corrected chi connectivity index (χ4v) is 2.29. The Morgan fingerprint density at radius 2 is 1.39 bits per heavy atom. The van der Waals surface area contributed by atoms with Crippen molar-refractivity contribution in [3.8, 4) is 0 Å². The van der Waals surface area contributed by atoms with Crippen LogP contribution >= 0.6 is 0 Å². The highest BCUT2D eigenvalue weighted by Gasteiger charge is 2.39. The molecule has 3 amide bonds. The van der Waals surface area contributed by atoms with Crippen molar-refractivity contribution in [2.75, 3.05) is 13.1 Å². The van der Waals surface area contributed by atoms with Gasteiger partial charge in [-0.3, -0.25) is 14.4 Å². The third-order valence-electron chi connectivity index (χ3n) is 3.15. The van der Waals surface area contributed by atoms with Crippen LogP contribution in [-0.2, 0) is 14.4 Å². The lowest BCUT2D eigenvalue weighted by atomic mass is 9.81. The highest BCUT2D eigenvalue weighted by molar-refractivity contribution is 5.92. The van der Waals surface area contributed by atoms with Crippen molar-refractivity contribution in [2.24, 2.45) is 17.2 Å². The van der Waals surface area contributed by atoms with Gasteiger partial charge in [-0.15, -0.1) is 0 Å². The Morgan fingerprint density at radius 1 is 0.944 bits per heavy atom. The number of nitrogens with two attached hydrogens (primary N) is 3. The molecular weight excluding hydrogens is 236 g/mol. The van der Waals surface area contributed by atoms with Crippen molar-refractivity contribution in [1.82, 2.24) is 4.90 Å². The fraction of sp³-hybridized carbons (Fsp3) is 0.727. The van der Waals surface area contributed by atoms with Crippen LogP contribution in [0.15, 0.2) is 0 Å². The van der Waals surface area contributed by atoms with Crippen molar-refractivity contribution in [3.05, 3.63) is 0 Å². The number of amides is 3. The van der Waals surface area contributed by atoms with E-state index >= 15 is 0 Å². The van der Waals surface area contributed by atoms with Crippen LogP contribution in [0.1, 0.15) is 32.1 Å². The molecule has 7 nitrogen and oxygen atoms in total. The lowest BCUT2D eigenvalue weighted by molar-refractivity contribution is -0.143. The van der Waals surface area contributed by atoms with E-state index in [-0.39, 0.29) is 13.1 Å². The molecule has 0 aromatic rings. The van der Waals surface area contributed by atoms with Gasteiger partial charge in [0, 0.05) is 0 Å². The van der Waals surface area contributed by atoms with Gasteiger partial charge in [0.15, 0.2) is 0 Å². The van der Waals surface area contributed by atoms with Crippen LogP contribution in [0, 0.1) is 0 Å². The molecule has 0 atom stereocenters. The molecule has 0 bridgehead atoms. The number of nitrogens with zero attached hydrogens (tertiary/aromatic N) is 1. The Hall–Kier alpha value is -1.63. The minimum atomic E-state index is -0.997. The summed E-state index contributed by atoms with van der Waals surface area (Å²) in [6, 6.07) is 0. The predicted octanol–water partition coefficient (Wildman–Crippen LogP) is -1.55. The van der Waals surface area contributed by atoms with Crippen LogP contribution in [0.3, 0.4) is 0 Å². The molecule has 0 aromatic carbocycles. The first-order valence-corrected chi connectivity index (χ1v) is 6.00. The average molecular weight is 256 g/mol. The maximum Gasteiger partial charge on any atom is 0.243 e. The van der Waals surface area contributed by atoms with Crippen molar-refractivity contribution < 1.29 is 14.4 Å². The lowest BCUT2D eigenvalue weighted by Crippen LogP contribution is -2.58. The van der Waals surface area contributed by atoms with Crippen LogP contribution in [0.5, 0.6) is 0 Å². The summed E-state index contributed by atoms with van der Waals surface area (Å²) in [4.78, 5) is 35.2. The summed E-state index contributed by atoms with van der Waals surface area (Å²) in [6.45, 7) is -0.665. The molecule has 0 unspecified atom stereocenters. The number of hydrogen-bond donors (Lipinski definition) is 3. The Balaban J connectivity index is 2.79. The summed E-state index contributed by atoms with van der Waals surface area (Å²) in [5.74, 6) is -1.80. The van der Waals surface area contributed by atoms with E-state index in [0.29, 0.717) is 12.8 Å². The standard InChI is InChI=1S/C11H20N4O3/c12-8(16)6-15(7-9(13)17)10(18)11(14)4-2-1-3-5-11/h1-7,14H2,(H2,12,16)(H2,13,17). The van der Waals surface area contributed by atoms with E-state index < -0.39 is 23.3 Å². The van der Waals surface area contributed by atoms with Gasteiger partial charge in [0.25, 0.3) is 0 Å². The summed E-state index contributed by atoms with van der Waals surface area (Å²) >= 11 is 0. The predicted molar refractivity (Wildman–Crippen MR) is 65.0 cm³/mol. The van der Waals surface area contributed by atoms with Crippen molar-refractivity contribution in [3.63, 3.8) is 0 Å². The summed E-state index contributed by atoms with van der Waals surface area (Å²) in [5.41, 5.74) is 15.2. The molecule has 6 N–H and O–H groups in total. The highest BCUT2D eigenvalue weighted by atomic mass is 16.2. The quantitative estimate of drug-likeness (QED) is 0.549. The van der Waals surface area contributed by atoms with Gasteiger partial charge in [-0.1, -0.05) is 19.3 Å². The van der Waals surface area contributed by atoms with Gasteiger partial charge in [0.2, 0.25) is 17.7 Å². The van der Waals surface area contributed by atoms with Crippen LogP contribution in [-0.4, -0.2) is 41.2 Å². The van der Waals surface area contributed by atoms with Crippen molar-refractivity contribution in [1.29, 1.82) is 0 Å². The summed E-state index contributed by atoms with van der Waals surface area (Å²) in [5, 5.41) is 0. The molecule has 0 saturated heterocycles. The summed E-state index contributed by atoms with van der Waals surface area (Å²) < 4.78 is 0. The molecule has 1 rings (SSSR count). The van der Waals surface area contributed by atoms with E-state index in [1.54, 1.807) is 0 Å². The zero-order valence-corrected chi connectivity index (χ0v) is 10.4. The van der Waals surface area contributed by atoms with Crippen LogP contribution in [0.4, 0.5) is 0 Å². The maximum atomic E-state index is 12.3. The van der Waals surface area contributed by atoms with Gasteiger partial charge in [-0.2, -0.15) is 0 Å². The third kappa shape index (κ3) is 3.69. The molecule has 0 radical (unpaired) electrons. The lowest BCUT2D eigenvalue weighted by Gasteiger charge is -2.36. The number of carbonyl (C=O) groups is 3. The average Bonchev–Trinajstić information content (AvgIpc) is 2.27. The van der Waals surface area contributed by atoms with E-state index in [4.69, 9.17) is 17.2 Å². The Kier molecular flexibility index (Phi) is 4.66. The molecule has 1 fully saturated rings. The minimum Gasteiger partial charge on any atom is -0.368 e. The van der Waals surface area contributed by atoms with E-state index in [9.17, 15) is 14.4 Å². The van der Waals surface area contributed by atoms with Gasteiger partial charge in [-0.25, -0.2) is 0 Å². The molecular formula is C11H20N4O3. The largest absolute Gasteiger partial charge is 0.368 e. The van der Waals surface area contributed by atoms with E-state index in [0.717, 1.165) is 24.2 Å². The molecule has 102 valence electrons. The second kappa shape index (κ2) is 5.81. The Morgan fingerprint density at radius 3 is 1.78 bits per heavy atom. The number of carbonyl (C=O) groups excluding carboxylic acids is 3. The second-order valence-corrected chi connectivity index (χ2v) is 4.81. The number of hydrogen-bond acceptors (Lipinski definition) is 4. The number of primary amides is 2. The first-order chi connectivity index (χ1) is 8.35. The van der Waals surface area contributed by atoms with Crippen LogP contribution in [0.2, 0.25) is 0 Å². The zero-order valence-electron chi connectivity index (χ0n) is 10.4. The van der Waals surface area contributed by atoms with Crippen molar-refractivity contribution >= 4 is 17.7 Å². The third-order valence-corrected chi connectivity index (χ3v) is 3.15. The van der Waals surface area contributed by atoms with E-state index in [1.807, 2.05) is 0 Å². The smallest absolute Gasteiger partial charge is 0.243 e. The topological polar surface area (TPSA) is 133 Å². The van der Waals surface area contributed by atoms with Gasteiger partial charge in [0.05, 0.1) is 18.6 Å². The molecule has 0 heterocycles. The minimum absolute atomic E-state index is 0.333. The van der Waals surface area contributed by atoms with E-state index in [1.165, 1.54) is 0 Å². The second-order valence-electron chi connectivity index (χ2n) is 4.81. The van der Waals surface area contributed by atoms with Crippen molar-refractivity contribution in [2.45, 2.75) is 37.6 Å². The summed E-state index contributed by atoms with van der Waals surface area (Å²) in [7, 11) is 0. The molecule has 0 aromatic heterocycles. The monoisotopic (exact) mass is 256 g/mol. The molecule has 7 heteroatoms. The Bertz CT molecular complexity index is 334. The molecule has 0 aliphatic heterocycles. The zero-order chi connectivity index (χ0) is 13.8. The first-order valence-electron chi connectivity index (χ1n) is 6.00. The molecule has 0 spiro atoms. The molecule has 1 aliphatic carbocycles. The van der Waals surface area contributed by atoms with Crippen LogP contribution < -0.4 is 17.2 Å². The SMILES string of the molecule is NC(=O)CN(CC(N)=O)C(=O)C1(N)CCCCC1. The van der Waals surface area contributed by atoms with Gasteiger partial charge in [-0.05, 0) is 12.8 Å². The molecule has 1 saturated carbocycles. The number of rotatable bonds is 5. The molecule has 18 heavy (non-hydrogen) atoms. The summed E-state index contributed by atoms with van der Waals surface area (Å²) in [6.07, 6.45) is 3.88. The Labute approximate surface area is 106 Å². The fourth-order valence-electron chi connectivity index (χ4n) is 2.29.